The number of hydrogen-bond acceptors (Lipinski definition) is 3. The second-order valence-corrected chi connectivity index (χ2v) is 3.85. The summed E-state index contributed by atoms with van der Waals surface area (Å²) in [7, 11) is 0. The van der Waals surface area contributed by atoms with Crippen LogP contribution in [0.4, 0.5) is 5.69 Å². The summed E-state index contributed by atoms with van der Waals surface area (Å²) in [6, 6.07) is 3.13. The molecule has 0 aliphatic rings. The molecule has 0 unspecified atom stereocenters. The quantitative estimate of drug-likeness (QED) is 0.560. The van der Waals surface area contributed by atoms with Gasteiger partial charge in [-0.2, -0.15) is 0 Å². The van der Waals surface area contributed by atoms with E-state index in [9.17, 15) is 4.79 Å². The number of carboxylic acid groups (broad SMARTS) is 1. The molecule has 5 N–H and O–H groups in total. The van der Waals surface area contributed by atoms with E-state index in [1.807, 2.05) is 0 Å². The largest absolute Gasteiger partial charge is 0.478 e. The van der Waals surface area contributed by atoms with Crippen LogP contribution in [0, 0.1) is 0 Å². The lowest BCUT2D eigenvalue weighted by Gasteiger charge is -2.08. The van der Waals surface area contributed by atoms with E-state index in [1.165, 1.54) is 0 Å². The van der Waals surface area contributed by atoms with Gasteiger partial charge in [-0.15, -0.1) is 0 Å². The number of halogens is 1. The van der Waals surface area contributed by atoms with Gasteiger partial charge in [0.15, 0.2) is 0 Å². The maximum atomic E-state index is 10.8. The number of rotatable bonds is 2. The molecule has 0 bridgehead atoms. The summed E-state index contributed by atoms with van der Waals surface area (Å²) < 4.78 is 0.405. The summed E-state index contributed by atoms with van der Waals surface area (Å²) in [4.78, 5) is 10.9. The monoisotopic (exact) mass is 274 g/mol. The van der Waals surface area contributed by atoms with E-state index in [0.29, 0.717) is 10.0 Å². The highest BCUT2D eigenvalue weighted by Crippen LogP contribution is 2.26. The van der Waals surface area contributed by atoms with Gasteiger partial charge >= 0.3 is 5.97 Å². The Labute approximate surface area is 94.0 Å². The zero-order chi connectivity index (χ0) is 10.9. The molecule has 0 spiro atoms. The van der Waals surface area contributed by atoms with Crippen molar-refractivity contribution in [2.45, 2.75) is 0 Å². The van der Waals surface area contributed by atoms with E-state index >= 15 is 0 Å². The lowest BCUT2D eigenvalue weighted by atomic mass is 10.1. The maximum Gasteiger partial charge on any atom is 0.338 e. The van der Waals surface area contributed by atoms with Gasteiger partial charge in [-0.3, -0.25) is 0 Å². The van der Waals surface area contributed by atoms with Gasteiger partial charge < -0.3 is 16.6 Å². The van der Waals surface area contributed by atoms with Gasteiger partial charge in [-0.05, 0) is 28.1 Å². The SMILES string of the molecule is NC(=S)c1ccc(Br)c(C(=O)O)c1N. The highest BCUT2D eigenvalue weighted by molar-refractivity contribution is 9.10. The number of aromatic carboxylic acids is 1. The molecule has 0 atom stereocenters. The molecule has 1 aromatic carbocycles. The Morgan fingerprint density at radius 1 is 1.50 bits per heavy atom. The van der Waals surface area contributed by atoms with Crippen LogP contribution in [0.3, 0.4) is 0 Å². The Morgan fingerprint density at radius 2 is 2.07 bits per heavy atom. The number of nitrogens with two attached hydrogens (primary N) is 2. The van der Waals surface area contributed by atoms with Crippen molar-refractivity contribution in [1.82, 2.24) is 0 Å². The molecule has 0 saturated carbocycles. The van der Waals surface area contributed by atoms with Crippen LogP contribution in [-0.2, 0) is 0 Å². The third-order valence-corrected chi connectivity index (χ3v) is 2.55. The van der Waals surface area contributed by atoms with Gasteiger partial charge in [0.05, 0.1) is 11.3 Å². The molecule has 0 aliphatic carbocycles. The topological polar surface area (TPSA) is 89.3 Å². The first kappa shape index (κ1) is 10.9. The van der Waals surface area contributed by atoms with Crippen LogP contribution >= 0.6 is 28.1 Å². The molecule has 1 aromatic rings. The smallest absolute Gasteiger partial charge is 0.338 e. The minimum Gasteiger partial charge on any atom is -0.478 e. The number of anilines is 1. The second kappa shape index (κ2) is 3.93. The minimum atomic E-state index is -1.12. The molecule has 74 valence electrons. The molecule has 0 radical (unpaired) electrons. The fourth-order valence-electron chi connectivity index (χ4n) is 1.03. The first-order valence-corrected chi connectivity index (χ1v) is 4.76. The number of hydrogen-bond donors (Lipinski definition) is 3. The first-order chi connectivity index (χ1) is 6.45. The summed E-state index contributed by atoms with van der Waals surface area (Å²) in [5, 5.41) is 8.86. The Morgan fingerprint density at radius 3 is 2.50 bits per heavy atom. The summed E-state index contributed by atoms with van der Waals surface area (Å²) in [6.45, 7) is 0. The van der Waals surface area contributed by atoms with E-state index in [-0.39, 0.29) is 16.2 Å². The standard InChI is InChI=1S/C8H7BrN2O2S/c9-4-2-1-3(7(11)14)6(10)5(4)8(12)13/h1-2H,10H2,(H2,11,14)(H,12,13). The molecule has 1 rings (SSSR count). The highest BCUT2D eigenvalue weighted by Gasteiger charge is 2.16. The van der Waals surface area contributed by atoms with Crippen molar-refractivity contribution < 1.29 is 9.90 Å². The highest BCUT2D eigenvalue weighted by atomic mass is 79.9. The zero-order valence-corrected chi connectivity index (χ0v) is 9.35. The fraction of sp³-hybridized carbons (Fsp3) is 0. The molecule has 0 amide bonds. The molecule has 4 nitrogen and oxygen atoms in total. The van der Waals surface area contributed by atoms with Crippen molar-refractivity contribution in [3.8, 4) is 0 Å². The molecule has 0 fully saturated rings. The molecule has 14 heavy (non-hydrogen) atoms. The van der Waals surface area contributed by atoms with Crippen molar-refractivity contribution in [2.24, 2.45) is 5.73 Å². The van der Waals surface area contributed by atoms with Crippen LogP contribution in [-0.4, -0.2) is 16.1 Å². The molecular weight excluding hydrogens is 268 g/mol. The summed E-state index contributed by atoms with van der Waals surface area (Å²) in [5.74, 6) is -1.12. The molecular formula is C8H7BrN2O2S. The zero-order valence-electron chi connectivity index (χ0n) is 6.95. The van der Waals surface area contributed by atoms with Crippen molar-refractivity contribution in [2.75, 3.05) is 5.73 Å². The third kappa shape index (κ3) is 1.85. The van der Waals surface area contributed by atoms with Gasteiger partial charge in [-0.25, -0.2) is 4.79 Å². The van der Waals surface area contributed by atoms with E-state index in [4.69, 9.17) is 28.8 Å². The molecule has 6 heteroatoms. The van der Waals surface area contributed by atoms with Crippen LogP contribution < -0.4 is 11.5 Å². The lowest BCUT2D eigenvalue weighted by molar-refractivity contribution is 0.0697. The fourth-order valence-corrected chi connectivity index (χ4v) is 1.72. The van der Waals surface area contributed by atoms with Crippen molar-refractivity contribution in [3.05, 3.63) is 27.7 Å². The van der Waals surface area contributed by atoms with Crippen LogP contribution in [0.5, 0.6) is 0 Å². The van der Waals surface area contributed by atoms with Gasteiger partial charge in [-0.1, -0.05) is 12.2 Å². The molecule has 0 aliphatic heterocycles. The average Bonchev–Trinajstić information content (AvgIpc) is 2.02. The summed E-state index contributed by atoms with van der Waals surface area (Å²) >= 11 is 7.81. The van der Waals surface area contributed by atoms with Gasteiger partial charge in [0.25, 0.3) is 0 Å². The first-order valence-electron chi connectivity index (χ1n) is 3.56. The van der Waals surface area contributed by atoms with Crippen molar-refractivity contribution >= 4 is 44.8 Å². The predicted molar refractivity (Wildman–Crippen MR) is 61.4 cm³/mol. The Balaban J connectivity index is 3.49. The normalized spacial score (nSPS) is 9.79. The van der Waals surface area contributed by atoms with Crippen LogP contribution in [0.25, 0.3) is 0 Å². The number of carbonyl (C=O) groups is 1. The maximum absolute atomic E-state index is 10.8. The Kier molecular flexibility index (Phi) is 3.07. The number of nitrogen functional groups attached to an aromatic ring is 1. The van der Waals surface area contributed by atoms with Crippen LogP contribution in [0.15, 0.2) is 16.6 Å². The number of thiocarbonyl (C=S) groups is 1. The average molecular weight is 275 g/mol. The van der Waals surface area contributed by atoms with Crippen LogP contribution in [0.1, 0.15) is 15.9 Å². The predicted octanol–water partition coefficient (Wildman–Crippen LogP) is 1.36. The van der Waals surface area contributed by atoms with Crippen molar-refractivity contribution in [1.29, 1.82) is 0 Å². The summed E-state index contributed by atoms with van der Waals surface area (Å²) in [6.07, 6.45) is 0. The van der Waals surface area contributed by atoms with Crippen molar-refractivity contribution in [3.63, 3.8) is 0 Å². The number of carboxylic acids is 1. The van der Waals surface area contributed by atoms with E-state index in [1.54, 1.807) is 12.1 Å². The van der Waals surface area contributed by atoms with E-state index in [0.717, 1.165) is 0 Å². The number of benzene rings is 1. The van der Waals surface area contributed by atoms with Gasteiger partial charge in [0.1, 0.15) is 4.99 Å². The molecule has 0 aromatic heterocycles. The molecule has 0 saturated heterocycles. The third-order valence-electron chi connectivity index (χ3n) is 1.67. The molecule has 0 heterocycles. The van der Waals surface area contributed by atoms with E-state index in [2.05, 4.69) is 15.9 Å². The lowest BCUT2D eigenvalue weighted by Crippen LogP contribution is -2.15. The minimum absolute atomic E-state index is 0.0182. The summed E-state index contributed by atoms with van der Waals surface area (Å²) in [5.41, 5.74) is 11.4. The van der Waals surface area contributed by atoms with Gasteiger partial charge in [0, 0.05) is 10.0 Å². The van der Waals surface area contributed by atoms with Gasteiger partial charge in [0.2, 0.25) is 0 Å². The van der Waals surface area contributed by atoms with Crippen LogP contribution in [0.2, 0.25) is 0 Å². The Bertz CT molecular complexity index is 420. The Hall–Kier alpha value is -1.14. The second-order valence-electron chi connectivity index (χ2n) is 2.55. The van der Waals surface area contributed by atoms with E-state index < -0.39 is 5.97 Å².